The van der Waals surface area contributed by atoms with Crippen molar-refractivity contribution in [1.29, 1.82) is 0 Å². The van der Waals surface area contributed by atoms with Crippen LogP contribution in [-0.2, 0) is 38.5 Å². The first kappa shape index (κ1) is 31.5. The van der Waals surface area contributed by atoms with Gasteiger partial charge in [0.05, 0.1) is 0 Å². The van der Waals surface area contributed by atoms with Gasteiger partial charge in [0, 0.05) is 35.4 Å². The number of carbonyl (C=O) groups excluding carboxylic acids is 2. The van der Waals surface area contributed by atoms with Gasteiger partial charge in [-0.05, 0) is 42.5 Å². The Labute approximate surface area is 236 Å². The second-order valence-electron chi connectivity index (χ2n) is 8.10. The van der Waals surface area contributed by atoms with Crippen molar-refractivity contribution in [3.05, 3.63) is 108 Å². The van der Waals surface area contributed by atoms with Gasteiger partial charge in [0.25, 0.3) is 0 Å². The summed E-state index contributed by atoms with van der Waals surface area (Å²) in [5, 5.41) is 0. The molecule has 0 aliphatic carbocycles. The normalized spacial score (nSPS) is 10.8. The van der Waals surface area contributed by atoms with Crippen molar-refractivity contribution in [2.24, 2.45) is 0 Å². The molecule has 0 atom stereocenters. The summed E-state index contributed by atoms with van der Waals surface area (Å²) in [6, 6.07) is 10.0. The minimum Gasteiger partial charge on any atom is -0.489 e. The standard InChI is InChI=1S/C29H23F5O8/c1-3-27(35)41-16-39-21-7-5-18(24(30)12-21)14-37-20-9-10-26(23(11-20)29(32,33)34)38-15-19-6-8-22(13-25(19)31)40-17-42-28(36)4-2/h3-13H,1-2,14-17H2. The Morgan fingerprint density at radius 1 is 0.667 bits per heavy atom. The SMILES string of the molecule is C=CC(=O)OCOc1ccc(COc2ccc(OCc3ccc(OCOC(=O)C=C)cc3F)c(C(F)(F)F)c2)c(F)c1. The molecule has 0 fully saturated rings. The Balaban J connectivity index is 1.62. The average Bonchev–Trinajstić information content (AvgIpc) is 2.95. The lowest BCUT2D eigenvalue weighted by Crippen LogP contribution is -2.10. The van der Waals surface area contributed by atoms with E-state index in [9.17, 15) is 31.5 Å². The second kappa shape index (κ2) is 14.5. The Morgan fingerprint density at radius 2 is 1.12 bits per heavy atom. The molecule has 0 aliphatic heterocycles. The molecule has 42 heavy (non-hydrogen) atoms. The summed E-state index contributed by atoms with van der Waals surface area (Å²) in [7, 11) is 0. The van der Waals surface area contributed by atoms with Crippen molar-refractivity contribution in [1.82, 2.24) is 0 Å². The molecule has 0 N–H and O–H groups in total. The van der Waals surface area contributed by atoms with Crippen LogP contribution in [0.2, 0.25) is 0 Å². The van der Waals surface area contributed by atoms with E-state index in [4.69, 9.17) is 18.9 Å². The lowest BCUT2D eigenvalue weighted by Gasteiger charge is -2.16. The lowest BCUT2D eigenvalue weighted by atomic mass is 10.1. The third kappa shape index (κ3) is 9.25. The molecule has 0 unspecified atom stereocenters. The van der Waals surface area contributed by atoms with E-state index in [0.717, 1.165) is 30.4 Å². The molecule has 0 radical (unpaired) electrons. The lowest BCUT2D eigenvalue weighted by molar-refractivity contribution is -0.145. The zero-order valence-electron chi connectivity index (χ0n) is 21.7. The van der Waals surface area contributed by atoms with Crippen molar-refractivity contribution in [2.75, 3.05) is 13.6 Å². The first-order valence-electron chi connectivity index (χ1n) is 11.9. The third-order valence-corrected chi connectivity index (χ3v) is 5.27. The maximum Gasteiger partial charge on any atom is 0.420 e. The van der Waals surface area contributed by atoms with Crippen molar-refractivity contribution in [3.63, 3.8) is 0 Å². The van der Waals surface area contributed by atoms with Crippen molar-refractivity contribution in [3.8, 4) is 23.0 Å². The summed E-state index contributed by atoms with van der Waals surface area (Å²) in [5.41, 5.74) is -1.25. The zero-order chi connectivity index (χ0) is 30.7. The van der Waals surface area contributed by atoms with E-state index in [1.807, 2.05) is 0 Å². The summed E-state index contributed by atoms with van der Waals surface area (Å²) in [5.74, 6) is -3.82. The van der Waals surface area contributed by atoms with Crippen LogP contribution in [0.5, 0.6) is 23.0 Å². The van der Waals surface area contributed by atoms with E-state index in [-0.39, 0.29) is 28.4 Å². The Morgan fingerprint density at radius 3 is 1.57 bits per heavy atom. The van der Waals surface area contributed by atoms with E-state index < -0.39 is 67.9 Å². The van der Waals surface area contributed by atoms with Crippen LogP contribution in [0.1, 0.15) is 16.7 Å². The number of benzene rings is 3. The van der Waals surface area contributed by atoms with E-state index in [2.05, 4.69) is 22.6 Å². The molecule has 0 bridgehead atoms. The van der Waals surface area contributed by atoms with Crippen LogP contribution < -0.4 is 18.9 Å². The minimum atomic E-state index is -4.85. The summed E-state index contributed by atoms with van der Waals surface area (Å²) in [4.78, 5) is 22.0. The van der Waals surface area contributed by atoms with Gasteiger partial charge >= 0.3 is 18.1 Å². The molecule has 3 rings (SSSR count). The molecular weight excluding hydrogens is 571 g/mol. The Kier molecular flexibility index (Phi) is 10.9. The molecule has 8 nitrogen and oxygen atoms in total. The van der Waals surface area contributed by atoms with Crippen LogP contribution in [0, 0.1) is 11.6 Å². The van der Waals surface area contributed by atoms with Gasteiger partial charge in [-0.1, -0.05) is 13.2 Å². The highest BCUT2D eigenvalue weighted by Crippen LogP contribution is 2.39. The van der Waals surface area contributed by atoms with Crippen LogP contribution in [-0.4, -0.2) is 25.5 Å². The van der Waals surface area contributed by atoms with Crippen LogP contribution in [0.15, 0.2) is 79.9 Å². The predicted molar refractivity (Wildman–Crippen MR) is 136 cm³/mol. The molecule has 222 valence electrons. The van der Waals surface area contributed by atoms with Gasteiger partial charge in [-0.25, -0.2) is 18.4 Å². The number of halogens is 5. The summed E-state index contributed by atoms with van der Waals surface area (Å²) in [6.07, 6.45) is -3.01. The molecule has 0 heterocycles. The molecule has 0 aromatic heterocycles. The molecule has 0 saturated heterocycles. The molecule has 0 aliphatic rings. The molecule has 3 aromatic rings. The number of hydrogen-bond donors (Lipinski definition) is 0. The van der Waals surface area contributed by atoms with E-state index >= 15 is 0 Å². The van der Waals surface area contributed by atoms with Gasteiger partial charge < -0.3 is 28.4 Å². The van der Waals surface area contributed by atoms with Gasteiger partial charge in [0.15, 0.2) is 0 Å². The van der Waals surface area contributed by atoms with Crippen LogP contribution in [0.4, 0.5) is 22.0 Å². The highest BCUT2D eigenvalue weighted by Gasteiger charge is 2.35. The number of hydrogen-bond acceptors (Lipinski definition) is 8. The molecule has 3 aromatic carbocycles. The summed E-state index contributed by atoms with van der Waals surface area (Å²) in [6.45, 7) is 4.50. The molecule has 13 heteroatoms. The monoisotopic (exact) mass is 594 g/mol. The maximum absolute atomic E-state index is 14.4. The van der Waals surface area contributed by atoms with Crippen molar-refractivity contribution >= 4 is 11.9 Å². The number of esters is 2. The number of carbonyl (C=O) groups is 2. The van der Waals surface area contributed by atoms with Gasteiger partial charge in [0.2, 0.25) is 13.6 Å². The summed E-state index contributed by atoms with van der Waals surface area (Å²) < 4.78 is 100. The smallest absolute Gasteiger partial charge is 0.420 e. The van der Waals surface area contributed by atoms with E-state index in [1.54, 1.807) is 0 Å². The topological polar surface area (TPSA) is 89.5 Å². The fourth-order valence-corrected chi connectivity index (χ4v) is 3.16. The van der Waals surface area contributed by atoms with Gasteiger partial charge in [-0.2, -0.15) is 13.2 Å². The Bertz CT molecular complexity index is 1440. The first-order valence-corrected chi connectivity index (χ1v) is 11.9. The predicted octanol–water partition coefficient (Wildman–Crippen LogP) is 6.27. The largest absolute Gasteiger partial charge is 0.489 e. The van der Waals surface area contributed by atoms with Crippen molar-refractivity contribution in [2.45, 2.75) is 19.4 Å². The fourth-order valence-electron chi connectivity index (χ4n) is 3.16. The van der Waals surface area contributed by atoms with Crippen LogP contribution >= 0.6 is 0 Å². The maximum atomic E-state index is 14.4. The molecule has 0 amide bonds. The fraction of sp³-hybridized carbons (Fsp3) is 0.172. The van der Waals surface area contributed by atoms with Gasteiger partial charge in [-0.3, -0.25) is 0 Å². The van der Waals surface area contributed by atoms with Crippen molar-refractivity contribution < 1.29 is 60.0 Å². The molecule has 0 saturated carbocycles. The first-order chi connectivity index (χ1) is 20.0. The van der Waals surface area contributed by atoms with Gasteiger partial charge in [0.1, 0.15) is 53.4 Å². The van der Waals surface area contributed by atoms with Crippen LogP contribution in [0.3, 0.4) is 0 Å². The highest BCUT2D eigenvalue weighted by molar-refractivity contribution is 5.81. The van der Waals surface area contributed by atoms with Gasteiger partial charge in [-0.15, -0.1) is 0 Å². The average molecular weight is 594 g/mol. The Hall–Kier alpha value is -5.07. The zero-order valence-corrected chi connectivity index (χ0v) is 21.7. The van der Waals surface area contributed by atoms with E-state index in [1.165, 1.54) is 30.3 Å². The number of rotatable bonds is 14. The highest BCUT2D eigenvalue weighted by atomic mass is 19.4. The third-order valence-electron chi connectivity index (χ3n) is 5.27. The van der Waals surface area contributed by atoms with Crippen LogP contribution in [0.25, 0.3) is 0 Å². The minimum absolute atomic E-state index is 0.0122. The van der Waals surface area contributed by atoms with E-state index in [0.29, 0.717) is 6.07 Å². The quantitative estimate of drug-likeness (QED) is 0.0934. The molecule has 0 spiro atoms. The number of alkyl halides is 3. The second-order valence-corrected chi connectivity index (χ2v) is 8.10. The number of ether oxygens (including phenoxy) is 6. The summed E-state index contributed by atoms with van der Waals surface area (Å²) >= 11 is 0. The molecular formula is C29H23F5O8.